The third-order valence-corrected chi connectivity index (χ3v) is 7.69. The smallest absolute Gasteiger partial charge is 0.243 e. The fourth-order valence-electron chi connectivity index (χ4n) is 4.35. The van der Waals surface area contributed by atoms with Gasteiger partial charge in [0.15, 0.2) is 0 Å². The summed E-state index contributed by atoms with van der Waals surface area (Å²) >= 11 is 0. The summed E-state index contributed by atoms with van der Waals surface area (Å²) in [4.78, 5) is 13.7. The Hall–Kier alpha value is -3.16. The van der Waals surface area contributed by atoms with E-state index in [1.165, 1.54) is 0 Å². The molecule has 184 valence electrons. The fourth-order valence-corrected chi connectivity index (χ4v) is 6.12. The molecule has 0 aromatic heterocycles. The number of nitrogens with zero attached hydrogens (tertiary/aromatic N) is 1. The zero-order chi connectivity index (χ0) is 25.2. The van der Waals surface area contributed by atoms with Crippen LogP contribution in [0.3, 0.4) is 0 Å². The fraction of sp³-hybridized carbons (Fsp3) is 0.321. The lowest BCUT2D eigenvalue weighted by Gasteiger charge is -2.27. The molecule has 0 radical (unpaired) electrons. The van der Waals surface area contributed by atoms with Crippen molar-refractivity contribution in [3.63, 3.8) is 0 Å². The second-order valence-corrected chi connectivity index (χ2v) is 11.7. The maximum Gasteiger partial charge on any atom is 0.243 e. The van der Waals surface area contributed by atoms with Crippen LogP contribution in [0.15, 0.2) is 77.7 Å². The molecule has 6 nitrogen and oxygen atoms in total. The monoisotopic (exact) mass is 492 g/mol. The third-order valence-electron chi connectivity index (χ3n) is 5.84. The third kappa shape index (κ3) is 5.41. The predicted molar refractivity (Wildman–Crippen MR) is 138 cm³/mol. The zero-order valence-corrected chi connectivity index (χ0v) is 21.4. The van der Waals surface area contributed by atoms with Crippen molar-refractivity contribution in [3.8, 4) is 11.5 Å². The second-order valence-electron chi connectivity index (χ2n) is 9.73. The lowest BCUT2D eigenvalue weighted by Crippen LogP contribution is -2.37. The van der Waals surface area contributed by atoms with Gasteiger partial charge in [-0.25, -0.2) is 8.42 Å². The highest BCUT2D eigenvalue weighted by Gasteiger charge is 2.32. The molecule has 0 saturated heterocycles. The molecule has 7 heteroatoms. The van der Waals surface area contributed by atoms with E-state index in [9.17, 15) is 13.2 Å². The van der Waals surface area contributed by atoms with Crippen LogP contribution >= 0.6 is 0 Å². The first-order chi connectivity index (χ1) is 16.7. The van der Waals surface area contributed by atoms with E-state index >= 15 is 0 Å². The maximum absolute atomic E-state index is 13.4. The minimum absolute atomic E-state index is 0.204. The van der Waals surface area contributed by atoms with Gasteiger partial charge in [-0.3, -0.25) is 4.79 Å². The number of benzene rings is 3. The van der Waals surface area contributed by atoms with E-state index < -0.39 is 15.9 Å². The molecule has 0 unspecified atom stereocenters. The Kier molecular flexibility index (Phi) is 7.28. The van der Waals surface area contributed by atoms with Crippen LogP contribution in [0.1, 0.15) is 44.7 Å². The Balaban J connectivity index is 1.57. The largest absolute Gasteiger partial charge is 0.457 e. The van der Waals surface area contributed by atoms with Gasteiger partial charge in [-0.05, 0) is 48.2 Å². The first-order valence-electron chi connectivity index (χ1n) is 11.9. The quantitative estimate of drug-likeness (QED) is 0.427. The lowest BCUT2D eigenvalue weighted by molar-refractivity contribution is -0.116. The molecule has 1 aliphatic heterocycles. The number of nitrogens with one attached hydrogen (secondary N) is 1. The summed E-state index contributed by atoms with van der Waals surface area (Å²) < 4.78 is 34.1. The predicted octanol–water partition coefficient (Wildman–Crippen LogP) is 5.87. The van der Waals surface area contributed by atoms with E-state index in [0.29, 0.717) is 30.3 Å². The van der Waals surface area contributed by atoms with Gasteiger partial charge < -0.3 is 10.1 Å². The molecular formula is C28H32N2O4S. The number of carbonyl (C=O) groups is 1. The second kappa shape index (κ2) is 10.2. The van der Waals surface area contributed by atoms with Crippen LogP contribution in [0, 0.1) is 11.8 Å². The molecule has 3 aromatic carbocycles. The standard InChI is InChI=1S/C28H32N2O4S/c1-19(2)17-30(18-20(3)4)35(32,33)22-15-13-21(14-16-22)29-28(31)27-23-9-5-7-11-25(23)34-26-12-8-6-10-24(26)27/h5-16,19-20,27H,17-18H2,1-4H3,(H,29,31). The van der Waals surface area contributed by atoms with Gasteiger partial charge in [-0.1, -0.05) is 64.1 Å². The van der Waals surface area contributed by atoms with Crippen LogP contribution in [-0.4, -0.2) is 31.7 Å². The van der Waals surface area contributed by atoms with E-state index in [0.717, 1.165) is 11.1 Å². The van der Waals surface area contributed by atoms with Crippen molar-refractivity contribution in [3.05, 3.63) is 83.9 Å². The molecular weight excluding hydrogens is 460 g/mol. The number of anilines is 1. The van der Waals surface area contributed by atoms with E-state index in [1.54, 1.807) is 28.6 Å². The average molecular weight is 493 g/mol. The summed E-state index contributed by atoms with van der Waals surface area (Å²) in [6.45, 7) is 8.95. The zero-order valence-electron chi connectivity index (χ0n) is 20.6. The Bertz CT molecular complexity index is 1250. The van der Waals surface area contributed by atoms with Gasteiger partial charge in [0.05, 0.1) is 10.8 Å². The number of fused-ring (bicyclic) bond motifs is 2. The van der Waals surface area contributed by atoms with Gasteiger partial charge in [-0.2, -0.15) is 4.31 Å². The summed E-state index contributed by atoms with van der Waals surface area (Å²) in [7, 11) is -3.63. The highest BCUT2D eigenvalue weighted by Crippen LogP contribution is 2.44. The van der Waals surface area contributed by atoms with Crippen LogP contribution in [-0.2, 0) is 14.8 Å². The van der Waals surface area contributed by atoms with Crippen LogP contribution in [0.25, 0.3) is 0 Å². The van der Waals surface area contributed by atoms with Crippen molar-refractivity contribution in [2.75, 3.05) is 18.4 Å². The average Bonchev–Trinajstić information content (AvgIpc) is 2.81. The van der Waals surface area contributed by atoms with Gasteiger partial charge in [0.25, 0.3) is 0 Å². The number of sulfonamides is 1. The van der Waals surface area contributed by atoms with E-state index in [1.807, 2.05) is 76.2 Å². The van der Waals surface area contributed by atoms with Gasteiger partial charge in [0.2, 0.25) is 15.9 Å². The van der Waals surface area contributed by atoms with Crippen LogP contribution < -0.4 is 10.1 Å². The Morgan fingerprint density at radius 2 is 1.31 bits per heavy atom. The van der Waals surface area contributed by atoms with Crippen molar-refractivity contribution < 1.29 is 17.9 Å². The van der Waals surface area contributed by atoms with Crippen LogP contribution in [0.4, 0.5) is 5.69 Å². The summed E-state index contributed by atoms with van der Waals surface area (Å²) in [6, 6.07) is 21.4. The number of hydrogen-bond acceptors (Lipinski definition) is 4. The molecule has 0 saturated carbocycles. The molecule has 4 rings (SSSR count). The summed E-state index contributed by atoms with van der Waals surface area (Å²) in [5, 5.41) is 2.96. The molecule has 1 heterocycles. The van der Waals surface area contributed by atoms with Crippen LogP contribution in [0.5, 0.6) is 11.5 Å². The topological polar surface area (TPSA) is 75.7 Å². The van der Waals surface area contributed by atoms with Crippen molar-refractivity contribution in [2.24, 2.45) is 11.8 Å². The van der Waals surface area contributed by atoms with E-state index in [2.05, 4.69) is 5.32 Å². The number of rotatable bonds is 8. The van der Waals surface area contributed by atoms with Gasteiger partial charge in [-0.15, -0.1) is 0 Å². The molecule has 0 fully saturated rings. The van der Waals surface area contributed by atoms with E-state index in [-0.39, 0.29) is 22.6 Å². The lowest BCUT2D eigenvalue weighted by atomic mass is 9.87. The van der Waals surface area contributed by atoms with Gasteiger partial charge in [0.1, 0.15) is 11.5 Å². The molecule has 0 spiro atoms. The molecule has 1 amide bonds. The first kappa shape index (κ1) is 24.9. The maximum atomic E-state index is 13.4. The van der Waals surface area contributed by atoms with Crippen LogP contribution in [0.2, 0.25) is 0 Å². The molecule has 3 aromatic rings. The number of carbonyl (C=O) groups excluding carboxylic acids is 1. The summed E-state index contributed by atoms with van der Waals surface area (Å²) in [5.74, 6) is 1.00. The van der Waals surface area contributed by atoms with Crippen molar-refractivity contribution >= 4 is 21.6 Å². The van der Waals surface area contributed by atoms with E-state index in [4.69, 9.17) is 4.74 Å². The van der Waals surface area contributed by atoms with Gasteiger partial charge in [0, 0.05) is 29.9 Å². The number of ether oxygens (including phenoxy) is 1. The molecule has 0 aliphatic carbocycles. The molecule has 0 bridgehead atoms. The van der Waals surface area contributed by atoms with Crippen molar-refractivity contribution in [1.29, 1.82) is 0 Å². The number of para-hydroxylation sites is 2. The summed E-state index contributed by atoms with van der Waals surface area (Å²) in [6.07, 6.45) is 0. The van der Waals surface area contributed by atoms with Gasteiger partial charge >= 0.3 is 0 Å². The molecule has 0 atom stereocenters. The number of amides is 1. The SMILES string of the molecule is CC(C)CN(CC(C)C)S(=O)(=O)c1ccc(NC(=O)C2c3ccccc3Oc3ccccc32)cc1. The van der Waals surface area contributed by atoms with Crippen molar-refractivity contribution in [2.45, 2.75) is 38.5 Å². The normalized spacial score (nSPS) is 13.5. The first-order valence-corrected chi connectivity index (χ1v) is 13.4. The molecule has 1 N–H and O–H groups in total. The Morgan fingerprint density at radius 1 is 0.829 bits per heavy atom. The highest BCUT2D eigenvalue weighted by atomic mass is 32.2. The molecule has 35 heavy (non-hydrogen) atoms. The Morgan fingerprint density at radius 3 is 1.80 bits per heavy atom. The summed E-state index contributed by atoms with van der Waals surface area (Å²) in [5.41, 5.74) is 2.12. The highest BCUT2D eigenvalue weighted by molar-refractivity contribution is 7.89. The Labute approximate surface area is 208 Å². The number of hydrogen-bond donors (Lipinski definition) is 1. The minimum Gasteiger partial charge on any atom is -0.457 e. The molecule has 1 aliphatic rings. The van der Waals surface area contributed by atoms with Crippen molar-refractivity contribution in [1.82, 2.24) is 4.31 Å². The minimum atomic E-state index is -3.63.